The van der Waals surface area contributed by atoms with E-state index >= 15 is 0 Å². The summed E-state index contributed by atoms with van der Waals surface area (Å²) in [5.41, 5.74) is 4.62. The number of aromatic nitrogens is 4. The van der Waals surface area contributed by atoms with Crippen molar-refractivity contribution < 1.29 is 18.9 Å². The van der Waals surface area contributed by atoms with Gasteiger partial charge in [-0.25, -0.2) is 14.8 Å². The number of amides is 1. The Balaban J connectivity index is 2.10. The van der Waals surface area contributed by atoms with Gasteiger partial charge < -0.3 is 9.47 Å². The largest absolute Gasteiger partial charge is 0.478 e. The SMILES string of the molecule is COc1nc2nonc2nc1NNC(=O)OC(C)(C)C. The van der Waals surface area contributed by atoms with Gasteiger partial charge in [0.25, 0.3) is 5.88 Å². The number of fused-ring (bicyclic) bond motifs is 1. The van der Waals surface area contributed by atoms with E-state index in [9.17, 15) is 4.79 Å². The Morgan fingerprint density at radius 1 is 1.20 bits per heavy atom. The van der Waals surface area contributed by atoms with Crippen LogP contribution in [-0.4, -0.2) is 39.1 Å². The molecule has 108 valence electrons. The first kappa shape index (κ1) is 13.8. The summed E-state index contributed by atoms with van der Waals surface area (Å²) >= 11 is 0. The van der Waals surface area contributed by atoms with Gasteiger partial charge >= 0.3 is 6.09 Å². The van der Waals surface area contributed by atoms with Crippen molar-refractivity contribution in [1.82, 2.24) is 25.7 Å². The van der Waals surface area contributed by atoms with Crippen LogP contribution in [0.2, 0.25) is 0 Å². The van der Waals surface area contributed by atoms with E-state index in [1.165, 1.54) is 7.11 Å². The summed E-state index contributed by atoms with van der Waals surface area (Å²) in [6, 6.07) is 0. The molecule has 0 fully saturated rings. The average Bonchev–Trinajstić information content (AvgIpc) is 2.79. The number of carbonyl (C=O) groups is 1. The number of hydrogen-bond donors (Lipinski definition) is 2. The molecule has 2 aromatic heterocycles. The van der Waals surface area contributed by atoms with Gasteiger partial charge in [-0.3, -0.25) is 5.43 Å². The van der Waals surface area contributed by atoms with Crippen LogP contribution in [0.5, 0.6) is 5.88 Å². The topological polar surface area (TPSA) is 124 Å². The van der Waals surface area contributed by atoms with Crippen molar-refractivity contribution in [2.24, 2.45) is 0 Å². The summed E-state index contributed by atoms with van der Waals surface area (Å²) in [5.74, 6) is 0.283. The van der Waals surface area contributed by atoms with Crippen molar-refractivity contribution in [2.45, 2.75) is 26.4 Å². The first-order valence-electron chi connectivity index (χ1n) is 5.68. The molecule has 2 heterocycles. The van der Waals surface area contributed by atoms with Crippen LogP contribution in [0, 0.1) is 0 Å². The maximum Gasteiger partial charge on any atom is 0.426 e. The Morgan fingerprint density at radius 2 is 1.85 bits per heavy atom. The number of carbonyl (C=O) groups excluding carboxylic acids is 1. The highest BCUT2D eigenvalue weighted by atomic mass is 16.6. The lowest BCUT2D eigenvalue weighted by Gasteiger charge is -2.20. The number of methoxy groups -OCH3 is 1. The van der Waals surface area contributed by atoms with Crippen LogP contribution < -0.4 is 15.6 Å². The highest BCUT2D eigenvalue weighted by Gasteiger charge is 2.18. The lowest BCUT2D eigenvalue weighted by Crippen LogP contribution is -2.36. The minimum absolute atomic E-state index is 0.129. The predicted molar refractivity (Wildman–Crippen MR) is 66.9 cm³/mol. The normalized spacial score (nSPS) is 11.2. The molecular formula is C10H14N6O4. The fraction of sp³-hybridized carbons (Fsp3) is 0.500. The Kier molecular flexibility index (Phi) is 3.55. The Labute approximate surface area is 113 Å². The molecule has 2 aromatic rings. The lowest BCUT2D eigenvalue weighted by atomic mass is 10.2. The molecule has 0 aliphatic rings. The zero-order valence-electron chi connectivity index (χ0n) is 11.4. The van der Waals surface area contributed by atoms with E-state index < -0.39 is 11.7 Å². The predicted octanol–water partition coefficient (Wildman–Crippen LogP) is 0.873. The molecule has 10 nitrogen and oxygen atoms in total. The van der Waals surface area contributed by atoms with Gasteiger partial charge in [-0.2, -0.15) is 9.97 Å². The molecule has 0 aliphatic heterocycles. The zero-order chi connectivity index (χ0) is 14.8. The number of rotatable bonds is 3. The van der Waals surface area contributed by atoms with E-state index in [-0.39, 0.29) is 23.0 Å². The molecule has 1 amide bonds. The molecule has 20 heavy (non-hydrogen) atoms. The molecule has 0 saturated carbocycles. The molecule has 0 aliphatic carbocycles. The fourth-order valence-corrected chi connectivity index (χ4v) is 1.26. The number of ether oxygens (including phenoxy) is 2. The van der Waals surface area contributed by atoms with Gasteiger partial charge in [-0.1, -0.05) is 0 Å². The summed E-state index contributed by atoms with van der Waals surface area (Å²) in [6.45, 7) is 5.25. The third kappa shape index (κ3) is 3.22. The van der Waals surface area contributed by atoms with Gasteiger partial charge in [0.15, 0.2) is 0 Å². The van der Waals surface area contributed by atoms with E-state index in [0.29, 0.717) is 0 Å². The van der Waals surface area contributed by atoms with Gasteiger partial charge in [0.05, 0.1) is 7.11 Å². The Hall–Kier alpha value is -2.65. The molecule has 0 unspecified atom stereocenters. The van der Waals surface area contributed by atoms with Gasteiger partial charge in [-0.05, 0) is 31.1 Å². The monoisotopic (exact) mass is 282 g/mol. The molecule has 0 saturated heterocycles. The third-order valence-corrected chi connectivity index (χ3v) is 1.96. The molecule has 0 atom stereocenters. The quantitative estimate of drug-likeness (QED) is 0.789. The number of anilines is 1. The Morgan fingerprint density at radius 3 is 2.45 bits per heavy atom. The molecule has 0 bridgehead atoms. The van der Waals surface area contributed by atoms with Crippen LogP contribution in [0.15, 0.2) is 4.63 Å². The lowest BCUT2D eigenvalue weighted by molar-refractivity contribution is 0.0540. The zero-order valence-corrected chi connectivity index (χ0v) is 11.4. The van der Waals surface area contributed by atoms with Crippen LogP contribution in [0.25, 0.3) is 11.3 Å². The highest BCUT2D eigenvalue weighted by Crippen LogP contribution is 2.20. The maximum absolute atomic E-state index is 11.5. The average molecular weight is 282 g/mol. The van der Waals surface area contributed by atoms with Crippen LogP contribution in [0.3, 0.4) is 0 Å². The second-order valence-electron chi connectivity index (χ2n) is 4.74. The second-order valence-corrected chi connectivity index (χ2v) is 4.74. The van der Waals surface area contributed by atoms with Gasteiger partial charge in [-0.15, -0.1) is 0 Å². The number of hydrogen-bond acceptors (Lipinski definition) is 9. The smallest absolute Gasteiger partial charge is 0.426 e. The highest BCUT2D eigenvalue weighted by molar-refractivity contribution is 5.72. The number of hydrazine groups is 1. The first-order valence-corrected chi connectivity index (χ1v) is 5.68. The van der Waals surface area contributed by atoms with Crippen LogP contribution in [0.1, 0.15) is 20.8 Å². The minimum Gasteiger partial charge on any atom is -0.478 e. The molecule has 0 aromatic carbocycles. The minimum atomic E-state index is -0.667. The second kappa shape index (κ2) is 5.15. The molecule has 0 spiro atoms. The van der Waals surface area contributed by atoms with Crippen molar-refractivity contribution in [3.8, 4) is 5.88 Å². The summed E-state index contributed by atoms with van der Waals surface area (Å²) in [5, 5.41) is 7.07. The summed E-state index contributed by atoms with van der Waals surface area (Å²) < 4.78 is 14.6. The Bertz CT molecular complexity index is 620. The van der Waals surface area contributed by atoms with Gasteiger partial charge in [0, 0.05) is 0 Å². The van der Waals surface area contributed by atoms with E-state index in [4.69, 9.17) is 9.47 Å². The van der Waals surface area contributed by atoms with Gasteiger partial charge in [0.2, 0.25) is 17.1 Å². The summed E-state index contributed by atoms with van der Waals surface area (Å²) in [7, 11) is 1.40. The number of nitrogens with one attached hydrogen (secondary N) is 2. The molecule has 2 rings (SSSR count). The van der Waals surface area contributed by atoms with Crippen LogP contribution >= 0.6 is 0 Å². The van der Waals surface area contributed by atoms with Crippen molar-refractivity contribution in [3.05, 3.63) is 0 Å². The summed E-state index contributed by atoms with van der Waals surface area (Å²) in [4.78, 5) is 19.6. The summed E-state index contributed by atoms with van der Waals surface area (Å²) in [6.07, 6.45) is -0.667. The maximum atomic E-state index is 11.5. The van der Waals surface area contributed by atoms with Gasteiger partial charge in [0.1, 0.15) is 5.60 Å². The third-order valence-electron chi connectivity index (χ3n) is 1.96. The first-order chi connectivity index (χ1) is 9.39. The van der Waals surface area contributed by atoms with Crippen LogP contribution in [0.4, 0.5) is 10.6 Å². The molecular weight excluding hydrogens is 268 g/mol. The van der Waals surface area contributed by atoms with E-state index in [2.05, 4.69) is 35.8 Å². The van der Waals surface area contributed by atoms with Crippen molar-refractivity contribution >= 4 is 23.2 Å². The van der Waals surface area contributed by atoms with Crippen LogP contribution in [-0.2, 0) is 4.74 Å². The standard InChI is InChI=1S/C10H14N6O4/c1-10(2,3)19-9(17)14-13-7-8(18-4)12-6-5(11-7)15-20-16-6/h1-4H3,(H,14,17)(H,11,13,15). The molecule has 0 radical (unpaired) electrons. The van der Waals surface area contributed by atoms with E-state index in [0.717, 1.165) is 0 Å². The van der Waals surface area contributed by atoms with E-state index in [1.807, 2.05) is 0 Å². The fourth-order valence-electron chi connectivity index (χ4n) is 1.26. The van der Waals surface area contributed by atoms with Crippen molar-refractivity contribution in [2.75, 3.05) is 12.5 Å². The van der Waals surface area contributed by atoms with Crippen molar-refractivity contribution in [1.29, 1.82) is 0 Å². The van der Waals surface area contributed by atoms with Crippen molar-refractivity contribution in [3.63, 3.8) is 0 Å². The molecule has 2 N–H and O–H groups in total. The number of nitrogens with zero attached hydrogens (tertiary/aromatic N) is 4. The van der Waals surface area contributed by atoms with E-state index in [1.54, 1.807) is 20.8 Å². The molecule has 10 heteroatoms.